The fraction of sp³-hybridized carbons (Fsp3) is 0.464. The van der Waals surface area contributed by atoms with Gasteiger partial charge >= 0.3 is 12.1 Å². The van der Waals surface area contributed by atoms with Gasteiger partial charge in [-0.15, -0.1) is 0 Å². The van der Waals surface area contributed by atoms with Gasteiger partial charge in [0.1, 0.15) is 12.6 Å². The van der Waals surface area contributed by atoms with Crippen LogP contribution in [0.15, 0.2) is 48.5 Å². The van der Waals surface area contributed by atoms with E-state index in [-0.39, 0.29) is 30.4 Å². The van der Waals surface area contributed by atoms with Crippen LogP contribution in [0.25, 0.3) is 11.1 Å². The Labute approximate surface area is 205 Å². The van der Waals surface area contributed by atoms with Crippen LogP contribution in [0.3, 0.4) is 0 Å². The Hall–Kier alpha value is -3.35. The summed E-state index contributed by atoms with van der Waals surface area (Å²) in [5.41, 5.74) is 3.49. The summed E-state index contributed by atoms with van der Waals surface area (Å²) in [5.74, 6) is -1.10. The maximum atomic E-state index is 13.0. The van der Waals surface area contributed by atoms with Gasteiger partial charge in [0, 0.05) is 12.0 Å². The second-order valence-electron chi connectivity index (χ2n) is 11.3. The normalized spacial score (nSPS) is 25.1. The van der Waals surface area contributed by atoms with Crippen LogP contribution in [0.1, 0.15) is 57.1 Å². The van der Waals surface area contributed by atoms with E-state index in [0.717, 1.165) is 17.5 Å². The first-order valence-corrected chi connectivity index (χ1v) is 12.3. The van der Waals surface area contributed by atoms with E-state index in [1.165, 1.54) is 11.1 Å². The highest BCUT2D eigenvalue weighted by molar-refractivity contribution is 5.90. The molecule has 184 valence electrons. The van der Waals surface area contributed by atoms with E-state index < -0.39 is 28.9 Å². The SMILES string of the molecule is CC(C)(C)[C@@H](NC(=O)C12CC(NC(=O)OCC3c4ccccc4-c4ccccc43)CC1C2)C(=O)O. The maximum absolute atomic E-state index is 13.0. The number of aliphatic carboxylic acids is 1. The van der Waals surface area contributed by atoms with Crippen LogP contribution < -0.4 is 10.6 Å². The van der Waals surface area contributed by atoms with E-state index in [4.69, 9.17) is 4.74 Å². The van der Waals surface area contributed by atoms with Gasteiger partial charge in [-0.05, 0) is 52.8 Å². The third-order valence-corrected chi connectivity index (χ3v) is 7.92. The average molecular weight is 477 g/mol. The van der Waals surface area contributed by atoms with Gasteiger partial charge in [0.15, 0.2) is 0 Å². The number of amides is 2. The maximum Gasteiger partial charge on any atom is 0.407 e. The third-order valence-electron chi connectivity index (χ3n) is 7.92. The Morgan fingerprint density at radius 2 is 1.63 bits per heavy atom. The van der Waals surface area contributed by atoms with Crippen LogP contribution in [0.5, 0.6) is 0 Å². The molecule has 0 bridgehead atoms. The number of carboxylic acids is 1. The molecule has 2 aromatic carbocycles. The van der Waals surface area contributed by atoms with E-state index in [0.29, 0.717) is 12.8 Å². The number of rotatable bonds is 6. The lowest BCUT2D eigenvalue weighted by Crippen LogP contribution is -2.51. The minimum atomic E-state index is -1.04. The van der Waals surface area contributed by atoms with Crippen LogP contribution in [0.4, 0.5) is 4.79 Å². The molecule has 0 aromatic heterocycles. The fourth-order valence-corrected chi connectivity index (χ4v) is 6.02. The van der Waals surface area contributed by atoms with Crippen molar-refractivity contribution in [1.29, 1.82) is 0 Å². The second kappa shape index (κ2) is 8.40. The third kappa shape index (κ3) is 4.17. The largest absolute Gasteiger partial charge is 0.480 e. The lowest BCUT2D eigenvalue weighted by atomic mass is 9.86. The molecular weight excluding hydrogens is 444 g/mol. The summed E-state index contributed by atoms with van der Waals surface area (Å²) in [6.07, 6.45) is 1.46. The standard InChI is InChI=1S/C28H32N2O5/c1-27(2,3)23(24(31)32)30-25(33)28-13-16(28)12-17(14-28)29-26(34)35-15-22-20-10-6-4-8-18(20)19-9-5-7-11-21(19)22/h4-11,16-17,22-23H,12-15H2,1-3H3,(H,29,34)(H,30,33)(H,31,32)/t16?,17?,23-,28?/m0/s1. The zero-order valence-corrected chi connectivity index (χ0v) is 20.3. The van der Waals surface area contributed by atoms with Crippen LogP contribution in [0.2, 0.25) is 0 Å². The van der Waals surface area contributed by atoms with Gasteiger partial charge < -0.3 is 20.5 Å². The molecule has 0 radical (unpaired) electrons. The van der Waals surface area contributed by atoms with Gasteiger partial charge in [0.25, 0.3) is 0 Å². The van der Waals surface area contributed by atoms with Crippen molar-refractivity contribution in [1.82, 2.24) is 10.6 Å². The molecule has 3 N–H and O–H groups in total. The van der Waals surface area contributed by atoms with Crippen molar-refractivity contribution in [3.63, 3.8) is 0 Å². The molecule has 35 heavy (non-hydrogen) atoms. The summed E-state index contributed by atoms with van der Waals surface area (Å²) < 4.78 is 5.66. The van der Waals surface area contributed by atoms with Crippen molar-refractivity contribution in [3.8, 4) is 11.1 Å². The summed E-state index contributed by atoms with van der Waals surface area (Å²) in [6.45, 7) is 5.63. The van der Waals surface area contributed by atoms with Crippen LogP contribution in [-0.2, 0) is 14.3 Å². The summed E-state index contributed by atoms with van der Waals surface area (Å²) >= 11 is 0. The Morgan fingerprint density at radius 3 is 2.20 bits per heavy atom. The summed E-state index contributed by atoms with van der Waals surface area (Å²) in [7, 11) is 0. The van der Waals surface area contributed by atoms with E-state index >= 15 is 0 Å². The number of carbonyl (C=O) groups excluding carboxylic acids is 2. The number of hydrogen-bond acceptors (Lipinski definition) is 4. The highest BCUT2D eigenvalue weighted by Crippen LogP contribution is 2.63. The molecule has 2 fully saturated rings. The van der Waals surface area contributed by atoms with Gasteiger partial charge in [0.2, 0.25) is 5.91 Å². The number of fused-ring (bicyclic) bond motifs is 4. The van der Waals surface area contributed by atoms with Gasteiger partial charge in [-0.1, -0.05) is 69.3 Å². The average Bonchev–Trinajstić information content (AvgIpc) is 3.23. The van der Waals surface area contributed by atoms with Gasteiger partial charge in [-0.2, -0.15) is 0 Å². The minimum absolute atomic E-state index is 0.00685. The van der Waals surface area contributed by atoms with Crippen molar-refractivity contribution < 1.29 is 24.2 Å². The van der Waals surface area contributed by atoms with Crippen molar-refractivity contribution in [2.75, 3.05) is 6.61 Å². The van der Waals surface area contributed by atoms with E-state index in [1.807, 2.05) is 24.3 Å². The topological polar surface area (TPSA) is 105 Å². The second-order valence-corrected chi connectivity index (χ2v) is 11.3. The van der Waals surface area contributed by atoms with Crippen molar-refractivity contribution in [2.45, 2.75) is 58.0 Å². The quantitative estimate of drug-likeness (QED) is 0.576. The van der Waals surface area contributed by atoms with Gasteiger partial charge in [0.05, 0.1) is 5.41 Å². The number of carbonyl (C=O) groups is 3. The molecule has 3 aliphatic carbocycles. The minimum Gasteiger partial charge on any atom is -0.480 e. The van der Waals surface area contributed by atoms with Crippen molar-refractivity contribution in [2.24, 2.45) is 16.7 Å². The molecule has 0 saturated heterocycles. The molecule has 3 unspecified atom stereocenters. The zero-order chi connectivity index (χ0) is 25.0. The number of hydrogen-bond donors (Lipinski definition) is 3. The Morgan fingerprint density at radius 1 is 1.03 bits per heavy atom. The number of ether oxygens (including phenoxy) is 1. The molecule has 7 heteroatoms. The smallest absolute Gasteiger partial charge is 0.407 e. The lowest BCUT2D eigenvalue weighted by molar-refractivity contribution is -0.146. The number of alkyl carbamates (subject to hydrolysis) is 1. The first-order valence-electron chi connectivity index (χ1n) is 12.3. The summed E-state index contributed by atoms with van der Waals surface area (Å²) in [5, 5.41) is 15.2. The summed E-state index contributed by atoms with van der Waals surface area (Å²) in [4.78, 5) is 37.3. The predicted molar refractivity (Wildman–Crippen MR) is 131 cm³/mol. The highest BCUT2D eigenvalue weighted by atomic mass is 16.5. The lowest BCUT2D eigenvalue weighted by Gasteiger charge is -2.29. The molecule has 7 nitrogen and oxygen atoms in total. The summed E-state index contributed by atoms with van der Waals surface area (Å²) in [6, 6.07) is 15.3. The monoisotopic (exact) mass is 476 g/mol. The first kappa shape index (κ1) is 23.4. The number of carboxylic acid groups (broad SMARTS) is 1. The van der Waals surface area contributed by atoms with Gasteiger partial charge in [-0.3, -0.25) is 4.79 Å². The fourth-order valence-electron chi connectivity index (χ4n) is 6.02. The molecule has 3 aliphatic rings. The Bertz CT molecular complexity index is 1140. The molecule has 2 aromatic rings. The highest BCUT2D eigenvalue weighted by Gasteiger charge is 2.65. The number of benzene rings is 2. The predicted octanol–water partition coefficient (Wildman–Crippen LogP) is 4.31. The van der Waals surface area contributed by atoms with Crippen LogP contribution in [-0.4, -0.2) is 41.8 Å². The first-order chi connectivity index (χ1) is 16.6. The molecule has 2 saturated carbocycles. The Balaban J connectivity index is 1.18. The molecule has 4 atom stereocenters. The molecule has 0 spiro atoms. The molecule has 5 rings (SSSR count). The van der Waals surface area contributed by atoms with Crippen molar-refractivity contribution >= 4 is 18.0 Å². The van der Waals surface area contributed by atoms with Crippen LogP contribution in [0, 0.1) is 16.7 Å². The Kier molecular flexibility index (Phi) is 5.61. The van der Waals surface area contributed by atoms with Crippen LogP contribution >= 0.6 is 0 Å². The van der Waals surface area contributed by atoms with E-state index in [2.05, 4.69) is 34.9 Å². The zero-order valence-electron chi connectivity index (χ0n) is 20.3. The van der Waals surface area contributed by atoms with E-state index in [1.54, 1.807) is 20.8 Å². The van der Waals surface area contributed by atoms with E-state index in [9.17, 15) is 19.5 Å². The molecule has 0 heterocycles. The molecule has 2 amide bonds. The number of nitrogens with one attached hydrogen (secondary N) is 2. The van der Waals surface area contributed by atoms with Crippen molar-refractivity contribution in [3.05, 3.63) is 59.7 Å². The molecular formula is C28H32N2O5. The van der Waals surface area contributed by atoms with Gasteiger partial charge in [-0.25, -0.2) is 9.59 Å². The molecule has 0 aliphatic heterocycles.